The molecule has 2 aromatic rings. The third kappa shape index (κ3) is 4.85. The van der Waals surface area contributed by atoms with Crippen molar-refractivity contribution in [3.8, 4) is 0 Å². The van der Waals surface area contributed by atoms with Crippen molar-refractivity contribution in [3.63, 3.8) is 0 Å². The lowest BCUT2D eigenvalue weighted by Gasteiger charge is -2.09. The minimum absolute atomic E-state index is 0.169. The van der Waals surface area contributed by atoms with E-state index in [1.54, 1.807) is 12.1 Å². The number of benzene rings is 2. The van der Waals surface area contributed by atoms with Crippen molar-refractivity contribution in [1.82, 2.24) is 5.43 Å². The van der Waals surface area contributed by atoms with E-state index in [1.807, 2.05) is 45.0 Å². The summed E-state index contributed by atoms with van der Waals surface area (Å²) in [6, 6.07) is 13.4. The highest BCUT2D eigenvalue weighted by atomic mass is 16.2. The number of aryl methyl sites for hydroxylation is 2. The van der Waals surface area contributed by atoms with Crippen molar-refractivity contribution in [1.29, 1.82) is 0 Å². The number of anilines is 2. The Morgan fingerprint density at radius 3 is 2.48 bits per heavy atom. The summed E-state index contributed by atoms with van der Waals surface area (Å²) in [5.74, 6) is -0.195. The van der Waals surface area contributed by atoms with Crippen LogP contribution in [0.25, 0.3) is 0 Å². The third-order valence-electron chi connectivity index (χ3n) is 3.50. The average molecular weight is 310 g/mol. The molecular weight excluding hydrogens is 288 g/mol. The molecule has 0 bridgehead atoms. The van der Waals surface area contributed by atoms with E-state index in [1.165, 1.54) is 5.56 Å². The first kappa shape index (κ1) is 16.5. The van der Waals surface area contributed by atoms with Gasteiger partial charge in [-0.1, -0.05) is 29.8 Å². The first-order valence-electron chi connectivity index (χ1n) is 7.46. The number of carbonyl (C=O) groups excluding carboxylic acids is 1. The van der Waals surface area contributed by atoms with Gasteiger partial charge in [-0.2, -0.15) is 5.10 Å². The molecule has 0 aromatic heterocycles. The van der Waals surface area contributed by atoms with Crippen LogP contribution in [0, 0.1) is 13.8 Å². The molecule has 5 nitrogen and oxygen atoms in total. The number of nitrogens with two attached hydrogens (primary N) is 1. The minimum Gasteiger partial charge on any atom is -0.399 e. The molecule has 0 aliphatic rings. The average Bonchev–Trinajstić information content (AvgIpc) is 2.52. The van der Waals surface area contributed by atoms with Crippen molar-refractivity contribution in [3.05, 3.63) is 59.2 Å². The highest BCUT2D eigenvalue weighted by molar-refractivity contribution is 5.99. The summed E-state index contributed by atoms with van der Waals surface area (Å²) in [4.78, 5) is 11.9. The lowest BCUT2D eigenvalue weighted by atomic mass is 10.1. The number of carbonyl (C=O) groups is 1. The van der Waals surface area contributed by atoms with Crippen LogP contribution in [0.4, 0.5) is 11.4 Å². The number of amides is 1. The molecule has 5 heteroatoms. The second-order valence-corrected chi connectivity index (χ2v) is 5.53. The largest absolute Gasteiger partial charge is 0.399 e. The van der Waals surface area contributed by atoms with Gasteiger partial charge in [0, 0.05) is 11.4 Å². The number of nitrogen functional groups attached to an aromatic ring is 1. The quantitative estimate of drug-likeness (QED) is 0.451. The Balaban J connectivity index is 1.89. The number of nitrogens with one attached hydrogen (secondary N) is 2. The smallest absolute Gasteiger partial charge is 0.259 e. The Morgan fingerprint density at radius 2 is 1.83 bits per heavy atom. The van der Waals surface area contributed by atoms with Gasteiger partial charge in [0.1, 0.15) is 0 Å². The lowest BCUT2D eigenvalue weighted by molar-refractivity contribution is -0.119. The lowest BCUT2D eigenvalue weighted by Crippen LogP contribution is -2.27. The summed E-state index contributed by atoms with van der Waals surface area (Å²) >= 11 is 0. The molecule has 120 valence electrons. The van der Waals surface area contributed by atoms with Crippen molar-refractivity contribution in [2.75, 3.05) is 17.6 Å². The van der Waals surface area contributed by atoms with Crippen LogP contribution in [0.2, 0.25) is 0 Å². The van der Waals surface area contributed by atoms with Crippen molar-refractivity contribution in [2.45, 2.75) is 20.8 Å². The SMILES string of the molecule is C/C(=N\NC(=O)CNc1ccc(C)cc1C)c1ccc(N)cc1. The first-order valence-corrected chi connectivity index (χ1v) is 7.46. The molecule has 23 heavy (non-hydrogen) atoms. The van der Waals surface area contributed by atoms with E-state index in [9.17, 15) is 4.79 Å². The molecule has 1 amide bonds. The highest BCUT2D eigenvalue weighted by Crippen LogP contribution is 2.15. The van der Waals surface area contributed by atoms with E-state index < -0.39 is 0 Å². The monoisotopic (exact) mass is 310 g/mol. The molecule has 0 unspecified atom stereocenters. The maximum atomic E-state index is 11.9. The Bertz CT molecular complexity index is 720. The van der Waals surface area contributed by atoms with Gasteiger partial charge in [0.2, 0.25) is 0 Å². The molecule has 4 N–H and O–H groups in total. The highest BCUT2D eigenvalue weighted by Gasteiger charge is 2.03. The molecule has 2 aromatic carbocycles. The fourth-order valence-electron chi connectivity index (χ4n) is 2.16. The molecule has 0 aliphatic heterocycles. The third-order valence-corrected chi connectivity index (χ3v) is 3.50. The molecule has 0 fully saturated rings. The van der Waals surface area contributed by atoms with Crippen molar-refractivity contribution < 1.29 is 4.79 Å². The summed E-state index contributed by atoms with van der Waals surface area (Å²) in [7, 11) is 0. The fraction of sp³-hybridized carbons (Fsp3) is 0.222. The van der Waals surface area contributed by atoms with Gasteiger partial charge >= 0.3 is 0 Å². The van der Waals surface area contributed by atoms with Crippen LogP contribution in [0.5, 0.6) is 0 Å². The van der Waals surface area contributed by atoms with Crippen LogP contribution in [0.15, 0.2) is 47.6 Å². The summed E-state index contributed by atoms with van der Waals surface area (Å²) in [5.41, 5.74) is 13.8. The van der Waals surface area contributed by atoms with Crippen LogP contribution >= 0.6 is 0 Å². The second kappa shape index (κ2) is 7.45. The van der Waals surface area contributed by atoms with Gasteiger partial charge in [0.15, 0.2) is 0 Å². The van der Waals surface area contributed by atoms with E-state index in [-0.39, 0.29) is 12.5 Å². The number of rotatable bonds is 5. The zero-order valence-corrected chi connectivity index (χ0v) is 13.7. The molecule has 0 radical (unpaired) electrons. The minimum atomic E-state index is -0.195. The van der Waals surface area contributed by atoms with E-state index in [4.69, 9.17) is 5.73 Å². The molecule has 0 saturated carbocycles. The molecule has 0 atom stereocenters. The summed E-state index contributed by atoms with van der Waals surface area (Å²) in [6.45, 7) is 6.06. The van der Waals surface area contributed by atoms with Gasteiger partial charge < -0.3 is 11.1 Å². The number of hydrazone groups is 1. The molecule has 2 rings (SSSR count). The maximum Gasteiger partial charge on any atom is 0.259 e. The maximum absolute atomic E-state index is 11.9. The van der Waals surface area contributed by atoms with E-state index in [2.05, 4.69) is 21.9 Å². The summed E-state index contributed by atoms with van der Waals surface area (Å²) in [6.07, 6.45) is 0. The van der Waals surface area contributed by atoms with Gasteiger partial charge in [0.25, 0.3) is 5.91 Å². The van der Waals surface area contributed by atoms with Crippen LogP contribution in [-0.4, -0.2) is 18.2 Å². The Kier molecular flexibility index (Phi) is 5.36. The molecule has 0 heterocycles. The van der Waals surface area contributed by atoms with Crippen LogP contribution in [-0.2, 0) is 4.79 Å². The Hall–Kier alpha value is -2.82. The van der Waals surface area contributed by atoms with E-state index >= 15 is 0 Å². The zero-order chi connectivity index (χ0) is 16.8. The molecule has 0 spiro atoms. The molecular formula is C18H22N4O. The van der Waals surface area contributed by atoms with E-state index in [0.717, 1.165) is 22.5 Å². The van der Waals surface area contributed by atoms with Gasteiger partial charge in [-0.05, 0) is 50.1 Å². The summed E-state index contributed by atoms with van der Waals surface area (Å²) in [5, 5.41) is 7.22. The van der Waals surface area contributed by atoms with Gasteiger partial charge in [-0.3, -0.25) is 4.79 Å². The van der Waals surface area contributed by atoms with Crippen molar-refractivity contribution >= 4 is 23.0 Å². The Morgan fingerprint density at radius 1 is 1.13 bits per heavy atom. The zero-order valence-electron chi connectivity index (χ0n) is 13.7. The first-order chi connectivity index (χ1) is 11.0. The van der Waals surface area contributed by atoms with Gasteiger partial charge in [0.05, 0.1) is 12.3 Å². The van der Waals surface area contributed by atoms with Gasteiger partial charge in [-0.15, -0.1) is 0 Å². The summed E-state index contributed by atoms with van der Waals surface area (Å²) < 4.78 is 0. The predicted octanol–water partition coefficient (Wildman–Crippen LogP) is 2.84. The topological polar surface area (TPSA) is 79.5 Å². The van der Waals surface area contributed by atoms with Crippen LogP contribution in [0.3, 0.4) is 0 Å². The van der Waals surface area contributed by atoms with Gasteiger partial charge in [-0.25, -0.2) is 5.43 Å². The molecule has 0 aliphatic carbocycles. The van der Waals surface area contributed by atoms with Crippen LogP contribution in [0.1, 0.15) is 23.6 Å². The number of hydrogen-bond donors (Lipinski definition) is 3. The molecule has 0 saturated heterocycles. The van der Waals surface area contributed by atoms with Crippen LogP contribution < -0.4 is 16.5 Å². The second-order valence-electron chi connectivity index (χ2n) is 5.53. The predicted molar refractivity (Wildman–Crippen MR) is 95.6 cm³/mol. The number of nitrogens with zero attached hydrogens (tertiary/aromatic N) is 1. The fourth-order valence-corrected chi connectivity index (χ4v) is 2.16. The number of hydrogen-bond acceptors (Lipinski definition) is 4. The standard InChI is InChI=1S/C18H22N4O/c1-12-4-9-17(13(2)10-12)20-11-18(23)22-21-14(3)15-5-7-16(19)8-6-15/h4-10,20H,11,19H2,1-3H3,(H,22,23)/b21-14+. The van der Waals surface area contributed by atoms with E-state index in [0.29, 0.717) is 5.69 Å². The van der Waals surface area contributed by atoms with Crippen molar-refractivity contribution in [2.24, 2.45) is 5.10 Å². The Labute approximate surface area is 136 Å². The normalized spacial score (nSPS) is 11.2.